The fourth-order valence-corrected chi connectivity index (χ4v) is 2.37. The van der Waals surface area contributed by atoms with E-state index >= 15 is 0 Å². The molecule has 1 heterocycles. The molecule has 1 aromatic carbocycles. The van der Waals surface area contributed by atoms with Crippen molar-refractivity contribution >= 4 is 34.5 Å². The van der Waals surface area contributed by atoms with Crippen molar-refractivity contribution in [3.63, 3.8) is 0 Å². The van der Waals surface area contributed by atoms with Crippen molar-refractivity contribution in [3.8, 4) is 0 Å². The number of halogens is 1. The Balaban J connectivity index is 2.36. The molecular weight excluding hydrogens is 290 g/mol. The van der Waals surface area contributed by atoms with E-state index in [1.165, 1.54) is 0 Å². The van der Waals surface area contributed by atoms with Crippen molar-refractivity contribution in [1.29, 1.82) is 0 Å². The summed E-state index contributed by atoms with van der Waals surface area (Å²) >= 11 is 11.2. The number of pyridine rings is 1. The largest absolute Gasteiger partial charge is 0.389 e. The van der Waals surface area contributed by atoms with Crippen LogP contribution in [0.25, 0.3) is 0 Å². The normalized spacial score (nSPS) is 10.3. The maximum atomic E-state index is 6.10. The van der Waals surface area contributed by atoms with Crippen LogP contribution < -0.4 is 10.6 Å². The number of nitrogens with two attached hydrogens (primary N) is 1. The van der Waals surface area contributed by atoms with Crippen LogP contribution in [0, 0.1) is 0 Å². The van der Waals surface area contributed by atoms with Gasteiger partial charge in [0.2, 0.25) is 0 Å². The number of rotatable bonds is 5. The topological polar surface area (TPSA) is 42.2 Å². The van der Waals surface area contributed by atoms with Crippen molar-refractivity contribution < 1.29 is 0 Å². The lowest BCUT2D eigenvalue weighted by Crippen LogP contribution is -2.26. The van der Waals surface area contributed by atoms with Gasteiger partial charge in [-0.2, -0.15) is 0 Å². The summed E-state index contributed by atoms with van der Waals surface area (Å²) < 4.78 is 0. The standard InChI is InChI=1S/C15H16ClN3S/c1-2-19(10-12-5-3-4-8-18-12)14-9-11(16)6-7-13(14)15(17)20/h3-9H,2,10H2,1H3,(H2,17,20). The monoisotopic (exact) mass is 305 g/mol. The van der Waals surface area contributed by atoms with Gasteiger partial charge in [0.1, 0.15) is 4.99 Å². The van der Waals surface area contributed by atoms with Gasteiger partial charge < -0.3 is 10.6 Å². The van der Waals surface area contributed by atoms with Gasteiger partial charge in [-0.25, -0.2) is 0 Å². The van der Waals surface area contributed by atoms with Gasteiger partial charge in [0.15, 0.2) is 0 Å². The van der Waals surface area contributed by atoms with E-state index < -0.39 is 0 Å². The molecule has 0 unspecified atom stereocenters. The molecule has 0 saturated heterocycles. The summed E-state index contributed by atoms with van der Waals surface area (Å²) in [6.07, 6.45) is 1.79. The Morgan fingerprint density at radius 2 is 2.15 bits per heavy atom. The van der Waals surface area contributed by atoms with E-state index in [4.69, 9.17) is 29.6 Å². The van der Waals surface area contributed by atoms with Crippen LogP contribution in [0.2, 0.25) is 5.02 Å². The quantitative estimate of drug-likeness (QED) is 0.860. The van der Waals surface area contributed by atoms with E-state index in [1.807, 2.05) is 30.3 Å². The van der Waals surface area contributed by atoms with Crippen LogP contribution in [0.15, 0.2) is 42.6 Å². The molecule has 1 aromatic heterocycles. The molecule has 2 N–H and O–H groups in total. The van der Waals surface area contributed by atoms with E-state index in [1.54, 1.807) is 12.3 Å². The Labute approximate surface area is 129 Å². The first kappa shape index (κ1) is 14.8. The molecule has 0 amide bonds. The molecule has 104 valence electrons. The third-order valence-corrected chi connectivity index (χ3v) is 3.48. The molecule has 0 aliphatic heterocycles. The molecule has 2 aromatic rings. The number of benzene rings is 1. The summed E-state index contributed by atoms with van der Waals surface area (Å²) in [5.41, 5.74) is 8.56. The van der Waals surface area contributed by atoms with Crippen LogP contribution in [-0.2, 0) is 6.54 Å². The van der Waals surface area contributed by atoms with Crippen molar-refractivity contribution in [2.24, 2.45) is 5.73 Å². The first-order valence-corrected chi connectivity index (χ1v) is 7.14. The molecule has 0 aliphatic carbocycles. The first-order chi connectivity index (χ1) is 9.61. The second-order valence-corrected chi connectivity index (χ2v) is 5.24. The molecule has 0 spiro atoms. The van der Waals surface area contributed by atoms with Crippen molar-refractivity contribution in [3.05, 3.63) is 58.9 Å². The molecule has 20 heavy (non-hydrogen) atoms. The number of anilines is 1. The van der Waals surface area contributed by atoms with Gasteiger partial charge in [-0.15, -0.1) is 0 Å². The molecular formula is C15H16ClN3S. The zero-order valence-electron chi connectivity index (χ0n) is 11.2. The average molecular weight is 306 g/mol. The van der Waals surface area contributed by atoms with Crippen molar-refractivity contribution in [2.75, 3.05) is 11.4 Å². The van der Waals surface area contributed by atoms with Crippen LogP contribution in [0.4, 0.5) is 5.69 Å². The second-order valence-electron chi connectivity index (χ2n) is 4.36. The van der Waals surface area contributed by atoms with Gasteiger partial charge in [-0.3, -0.25) is 4.98 Å². The minimum atomic E-state index is 0.371. The molecule has 0 bridgehead atoms. The maximum Gasteiger partial charge on any atom is 0.106 e. The Bertz CT molecular complexity index is 601. The molecule has 3 nitrogen and oxygen atoms in total. The lowest BCUT2D eigenvalue weighted by Gasteiger charge is -2.25. The number of hydrogen-bond acceptors (Lipinski definition) is 3. The summed E-state index contributed by atoms with van der Waals surface area (Å²) in [6.45, 7) is 3.58. The highest BCUT2D eigenvalue weighted by Gasteiger charge is 2.13. The lowest BCUT2D eigenvalue weighted by atomic mass is 10.1. The Morgan fingerprint density at radius 3 is 2.75 bits per heavy atom. The number of aromatic nitrogens is 1. The third kappa shape index (κ3) is 3.46. The highest BCUT2D eigenvalue weighted by molar-refractivity contribution is 7.80. The fourth-order valence-electron chi connectivity index (χ4n) is 2.03. The van der Waals surface area contributed by atoms with E-state index in [9.17, 15) is 0 Å². The van der Waals surface area contributed by atoms with Gasteiger partial charge in [0, 0.05) is 29.0 Å². The van der Waals surface area contributed by atoms with E-state index in [0.29, 0.717) is 16.6 Å². The highest BCUT2D eigenvalue weighted by atomic mass is 35.5. The summed E-state index contributed by atoms with van der Waals surface area (Å²) in [4.78, 5) is 6.88. The number of hydrogen-bond donors (Lipinski definition) is 1. The predicted octanol–water partition coefficient (Wildman–Crippen LogP) is 3.40. The maximum absolute atomic E-state index is 6.10. The zero-order valence-corrected chi connectivity index (χ0v) is 12.8. The average Bonchev–Trinajstić information content (AvgIpc) is 2.45. The molecule has 0 saturated carbocycles. The van der Waals surface area contributed by atoms with Crippen LogP contribution in [0.5, 0.6) is 0 Å². The van der Waals surface area contributed by atoms with Crippen LogP contribution in [0.1, 0.15) is 18.2 Å². The Kier molecular flexibility index (Phi) is 4.93. The summed E-state index contributed by atoms with van der Waals surface area (Å²) in [7, 11) is 0. The molecule has 0 atom stereocenters. The SMILES string of the molecule is CCN(Cc1ccccn1)c1cc(Cl)ccc1C(N)=S. The van der Waals surface area contributed by atoms with Crippen LogP contribution >= 0.6 is 23.8 Å². The highest BCUT2D eigenvalue weighted by Crippen LogP contribution is 2.26. The van der Waals surface area contributed by atoms with Crippen molar-refractivity contribution in [2.45, 2.75) is 13.5 Å². The predicted molar refractivity (Wildman–Crippen MR) is 88.3 cm³/mol. The Morgan fingerprint density at radius 1 is 1.35 bits per heavy atom. The zero-order chi connectivity index (χ0) is 14.5. The fraction of sp³-hybridized carbons (Fsp3) is 0.200. The van der Waals surface area contributed by atoms with Crippen LogP contribution in [-0.4, -0.2) is 16.5 Å². The Hall–Kier alpha value is -1.65. The smallest absolute Gasteiger partial charge is 0.106 e. The van der Waals surface area contributed by atoms with Gasteiger partial charge in [-0.05, 0) is 37.3 Å². The lowest BCUT2D eigenvalue weighted by molar-refractivity contribution is 0.809. The van der Waals surface area contributed by atoms with Crippen LogP contribution in [0.3, 0.4) is 0 Å². The number of thiocarbonyl (C=S) groups is 1. The molecule has 5 heteroatoms. The first-order valence-electron chi connectivity index (χ1n) is 6.36. The van der Waals surface area contributed by atoms with Gasteiger partial charge in [-0.1, -0.05) is 29.9 Å². The molecule has 0 fully saturated rings. The molecule has 0 radical (unpaired) electrons. The van der Waals surface area contributed by atoms with E-state index in [2.05, 4.69) is 16.8 Å². The summed E-state index contributed by atoms with van der Waals surface area (Å²) in [6, 6.07) is 11.4. The third-order valence-electron chi connectivity index (χ3n) is 3.03. The minimum Gasteiger partial charge on any atom is -0.389 e. The number of nitrogens with zero attached hydrogens (tertiary/aromatic N) is 2. The van der Waals surface area contributed by atoms with E-state index in [0.717, 1.165) is 23.5 Å². The second kappa shape index (κ2) is 6.68. The minimum absolute atomic E-state index is 0.371. The molecule has 2 rings (SSSR count). The summed E-state index contributed by atoms with van der Waals surface area (Å²) in [5, 5.41) is 0.666. The van der Waals surface area contributed by atoms with Gasteiger partial charge in [0.25, 0.3) is 0 Å². The van der Waals surface area contributed by atoms with Gasteiger partial charge >= 0.3 is 0 Å². The van der Waals surface area contributed by atoms with Gasteiger partial charge in [0.05, 0.1) is 12.2 Å². The van der Waals surface area contributed by atoms with E-state index in [-0.39, 0.29) is 0 Å². The van der Waals surface area contributed by atoms with Crippen molar-refractivity contribution in [1.82, 2.24) is 4.98 Å². The summed E-state index contributed by atoms with van der Waals surface area (Å²) in [5.74, 6) is 0. The molecule has 0 aliphatic rings.